The van der Waals surface area contributed by atoms with E-state index in [9.17, 15) is 4.79 Å². The summed E-state index contributed by atoms with van der Waals surface area (Å²) >= 11 is 0. The van der Waals surface area contributed by atoms with Crippen LogP contribution >= 0.6 is 0 Å². The van der Waals surface area contributed by atoms with Crippen molar-refractivity contribution in [3.05, 3.63) is 53.0 Å². The Morgan fingerprint density at radius 1 is 1.32 bits per heavy atom. The van der Waals surface area contributed by atoms with Crippen LogP contribution in [0.25, 0.3) is 0 Å². The molecule has 2 aromatic rings. The van der Waals surface area contributed by atoms with Gasteiger partial charge in [0.1, 0.15) is 12.4 Å². The second-order valence-electron chi connectivity index (χ2n) is 4.24. The molecule has 100 valence electrons. The van der Waals surface area contributed by atoms with Gasteiger partial charge in [-0.05, 0) is 31.0 Å². The van der Waals surface area contributed by atoms with Crippen molar-refractivity contribution in [1.29, 1.82) is 0 Å². The molecule has 1 heterocycles. The third kappa shape index (κ3) is 2.77. The second-order valence-corrected chi connectivity index (χ2v) is 4.24. The molecule has 0 aliphatic carbocycles. The van der Waals surface area contributed by atoms with Gasteiger partial charge in [0.05, 0.1) is 11.8 Å². The molecule has 5 nitrogen and oxygen atoms in total. The predicted octanol–water partition coefficient (Wildman–Crippen LogP) is 2.08. The number of carbonyl (C=O) groups is 1. The van der Waals surface area contributed by atoms with E-state index in [0.29, 0.717) is 11.3 Å². The van der Waals surface area contributed by atoms with Crippen molar-refractivity contribution < 1.29 is 13.9 Å². The topological polar surface area (TPSA) is 77.5 Å². The lowest BCUT2D eigenvalue weighted by Gasteiger charge is -2.11. The first-order valence-corrected chi connectivity index (χ1v) is 5.90. The lowest BCUT2D eigenvalue weighted by atomic mass is 10.1. The van der Waals surface area contributed by atoms with E-state index in [4.69, 9.17) is 15.0 Å². The predicted molar refractivity (Wildman–Crippen MR) is 70.6 cm³/mol. The number of nitrogen functional groups attached to an aromatic ring is 1. The monoisotopic (exact) mass is 260 g/mol. The summed E-state index contributed by atoms with van der Waals surface area (Å²) in [6.45, 7) is 4.12. The van der Waals surface area contributed by atoms with Crippen molar-refractivity contribution in [1.82, 2.24) is 5.43 Å². The number of furan rings is 1. The molecule has 1 amide bonds. The van der Waals surface area contributed by atoms with Crippen LogP contribution in [0, 0.1) is 13.8 Å². The van der Waals surface area contributed by atoms with Crippen LogP contribution in [0.15, 0.2) is 34.9 Å². The maximum Gasteiger partial charge on any atom is 0.268 e. The first kappa shape index (κ1) is 13.2. The molecule has 0 saturated carbocycles. The number of aryl methyl sites for hydroxylation is 2. The molecule has 0 radical (unpaired) electrons. The number of ether oxygens (including phenoxy) is 1. The lowest BCUT2D eigenvalue weighted by molar-refractivity contribution is 0.0949. The quantitative estimate of drug-likeness (QED) is 0.501. The minimum Gasteiger partial charge on any atom is -0.485 e. The zero-order chi connectivity index (χ0) is 13.8. The fourth-order valence-corrected chi connectivity index (χ4v) is 1.90. The molecule has 5 heteroatoms. The minimum absolute atomic E-state index is 0.182. The maximum atomic E-state index is 11.5. The summed E-state index contributed by atoms with van der Waals surface area (Å²) in [4.78, 5) is 11.5. The summed E-state index contributed by atoms with van der Waals surface area (Å²) in [6.07, 6.45) is 1.44. The average Bonchev–Trinajstić information content (AvgIpc) is 2.85. The molecule has 0 bridgehead atoms. The summed E-state index contributed by atoms with van der Waals surface area (Å²) in [5.74, 6) is 5.96. The van der Waals surface area contributed by atoms with Gasteiger partial charge in [-0.2, -0.15) is 0 Å². The number of hydrazine groups is 1. The van der Waals surface area contributed by atoms with Crippen molar-refractivity contribution in [3.63, 3.8) is 0 Å². The lowest BCUT2D eigenvalue weighted by Crippen LogP contribution is -2.30. The van der Waals surface area contributed by atoms with Crippen LogP contribution in [0.3, 0.4) is 0 Å². The largest absolute Gasteiger partial charge is 0.485 e. The summed E-state index contributed by atoms with van der Waals surface area (Å²) in [6, 6.07) is 7.47. The minimum atomic E-state index is -0.395. The Labute approximate surface area is 111 Å². The van der Waals surface area contributed by atoms with Crippen LogP contribution in [0.2, 0.25) is 0 Å². The van der Waals surface area contributed by atoms with Gasteiger partial charge in [0.25, 0.3) is 5.91 Å². The number of benzene rings is 1. The van der Waals surface area contributed by atoms with Crippen molar-refractivity contribution in [2.75, 3.05) is 0 Å². The Morgan fingerprint density at radius 3 is 2.63 bits per heavy atom. The van der Waals surface area contributed by atoms with Gasteiger partial charge in [-0.3, -0.25) is 10.2 Å². The van der Waals surface area contributed by atoms with Crippen LogP contribution in [0.4, 0.5) is 0 Å². The molecule has 1 aromatic heterocycles. The third-order valence-corrected chi connectivity index (χ3v) is 2.88. The number of hydrogen-bond acceptors (Lipinski definition) is 4. The number of carbonyl (C=O) groups excluding carboxylic acids is 1. The number of nitrogens with one attached hydrogen (secondary N) is 1. The fourth-order valence-electron chi connectivity index (χ4n) is 1.90. The number of amides is 1. The molecule has 0 aliphatic rings. The Bertz CT molecular complexity index is 570. The molecule has 0 atom stereocenters. The third-order valence-electron chi connectivity index (χ3n) is 2.88. The summed E-state index contributed by atoms with van der Waals surface area (Å²) in [7, 11) is 0. The summed E-state index contributed by atoms with van der Waals surface area (Å²) in [5.41, 5.74) is 4.53. The van der Waals surface area contributed by atoms with Crippen LogP contribution < -0.4 is 16.0 Å². The van der Waals surface area contributed by atoms with Crippen molar-refractivity contribution >= 4 is 5.91 Å². The van der Waals surface area contributed by atoms with Gasteiger partial charge in [0.2, 0.25) is 0 Å². The molecule has 0 saturated heterocycles. The highest BCUT2D eigenvalue weighted by Gasteiger charge is 2.14. The van der Waals surface area contributed by atoms with E-state index in [1.165, 1.54) is 6.26 Å². The number of nitrogens with two attached hydrogens (primary N) is 1. The van der Waals surface area contributed by atoms with Crippen LogP contribution in [-0.2, 0) is 6.61 Å². The van der Waals surface area contributed by atoms with Crippen LogP contribution in [0.5, 0.6) is 5.75 Å². The smallest absolute Gasteiger partial charge is 0.268 e. The Hall–Kier alpha value is -2.27. The molecular weight excluding hydrogens is 244 g/mol. The standard InChI is InChI=1S/C14H16N2O3/c1-9-4-3-5-10(2)13(9)19-8-12-11(6-7-18-12)14(17)16-15/h3-7H,8,15H2,1-2H3,(H,16,17). The van der Waals surface area contributed by atoms with Crippen molar-refractivity contribution in [2.24, 2.45) is 5.84 Å². The van der Waals surface area contributed by atoms with Gasteiger partial charge in [0, 0.05) is 0 Å². The Kier molecular flexibility index (Phi) is 3.87. The van der Waals surface area contributed by atoms with E-state index in [0.717, 1.165) is 16.9 Å². The molecule has 0 unspecified atom stereocenters. The fraction of sp³-hybridized carbons (Fsp3) is 0.214. The second kappa shape index (κ2) is 5.58. The van der Waals surface area contributed by atoms with E-state index in [1.54, 1.807) is 6.07 Å². The van der Waals surface area contributed by atoms with Gasteiger partial charge in [-0.1, -0.05) is 18.2 Å². The van der Waals surface area contributed by atoms with Gasteiger partial charge in [0.15, 0.2) is 5.76 Å². The molecule has 0 spiro atoms. The highest BCUT2D eigenvalue weighted by molar-refractivity contribution is 5.94. The first-order chi connectivity index (χ1) is 9.13. The normalized spacial score (nSPS) is 10.3. The van der Waals surface area contributed by atoms with Gasteiger partial charge in [-0.15, -0.1) is 0 Å². The van der Waals surface area contributed by atoms with E-state index < -0.39 is 5.91 Å². The molecule has 2 rings (SSSR count). The van der Waals surface area contributed by atoms with E-state index in [1.807, 2.05) is 32.0 Å². The Balaban J connectivity index is 2.15. The zero-order valence-electron chi connectivity index (χ0n) is 10.9. The van der Waals surface area contributed by atoms with Gasteiger partial charge < -0.3 is 9.15 Å². The van der Waals surface area contributed by atoms with Crippen molar-refractivity contribution in [3.8, 4) is 5.75 Å². The molecule has 0 fully saturated rings. The van der Waals surface area contributed by atoms with E-state index >= 15 is 0 Å². The Morgan fingerprint density at radius 2 is 2.00 bits per heavy atom. The number of hydrogen-bond donors (Lipinski definition) is 2. The maximum absolute atomic E-state index is 11.5. The number of rotatable bonds is 4. The molecule has 3 N–H and O–H groups in total. The summed E-state index contributed by atoms with van der Waals surface area (Å²) in [5, 5.41) is 0. The first-order valence-electron chi connectivity index (χ1n) is 5.90. The van der Waals surface area contributed by atoms with Crippen LogP contribution in [0.1, 0.15) is 27.2 Å². The number of para-hydroxylation sites is 1. The molecular formula is C14H16N2O3. The molecule has 0 aliphatic heterocycles. The summed E-state index contributed by atoms with van der Waals surface area (Å²) < 4.78 is 11.0. The van der Waals surface area contributed by atoms with Crippen LogP contribution in [-0.4, -0.2) is 5.91 Å². The SMILES string of the molecule is Cc1cccc(C)c1OCc1occc1C(=O)NN. The van der Waals surface area contributed by atoms with Crippen molar-refractivity contribution in [2.45, 2.75) is 20.5 Å². The average molecular weight is 260 g/mol. The highest BCUT2D eigenvalue weighted by atomic mass is 16.5. The highest BCUT2D eigenvalue weighted by Crippen LogP contribution is 2.24. The zero-order valence-corrected chi connectivity index (χ0v) is 10.9. The van der Waals surface area contributed by atoms with E-state index in [2.05, 4.69) is 5.43 Å². The molecule has 19 heavy (non-hydrogen) atoms. The van der Waals surface area contributed by atoms with Gasteiger partial charge >= 0.3 is 0 Å². The van der Waals surface area contributed by atoms with E-state index in [-0.39, 0.29) is 6.61 Å². The van der Waals surface area contributed by atoms with Gasteiger partial charge in [-0.25, -0.2) is 5.84 Å². The molecule has 1 aromatic carbocycles.